The Bertz CT molecular complexity index is 649. The van der Waals surface area contributed by atoms with Gasteiger partial charge in [-0.25, -0.2) is 0 Å². The number of aryl methyl sites for hydroxylation is 1. The lowest BCUT2D eigenvalue weighted by molar-refractivity contribution is 0.102. The molecule has 2 N–H and O–H groups in total. The molecule has 0 aliphatic rings. The van der Waals surface area contributed by atoms with Crippen LogP contribution in [0.1, 0.15) is 21.5 Å². The zero-order chi connectivity index (χ0) is 13.7. The molecule has 96 valence electrons. The third-order valence-electron chi connectivity index (χ3n) is 2.53. The van der Waals surface area contributed by atoms with Crippen LogP contribution in [0.4, 0.5) is 5.69 Å². The highest BCUT2D eigenvalue weighted by Crippen LogP contribution is 2.16. The minimum Gasteiger partial charge on any atom is -0.384 e. The van der Waals surface area contributed by atoms with Crippen LogP contribution in [0.5, 0.6) is 0 Å². The van der Waals surface area contributed by atoms with Gasteiger partial charge in [0, 0.05) is 16.6 Å². The van der Waals surface area contributed by atoms with E-state index in [1.54, 1.807) is 6.07 Å². The number of hydrogen-bond donors (Lipinski definition) is 2. The third-order valence-corrected chi connectivity index (χ3v) is 3.39. The summed E-state index contributed by atoms with van der Waals surface area (Å²) in [5.41, 5.74) is 3.12. The molecular weight excluding hydrogens is 258 g/mol. The normalized spacial score (nSPS) is 9.58. The molecular formula is C15H13NO2S. The van der Waals surface area contributed by atoms with Crippen LogP contribution in [0, 0.1) is 18.8 Å². The largest absolute Gasteiger partial charge is 0.384 e. The van der Waals surface area contributed by atoms with Crippen LogP contribution in [0.25, 0.3) is 0 Å². The first-order valence-corrected chi connectivity index (χ1v) is 6.69. The molecule has 2 rings (SSSR count). The van der Waals surface area contributed by atoms with Gasteiger partial charge in [-0.3, -0.25) is 4.79 Å². The molecule has 0 unspecified atom stereocenters. The second kappa shape index (κ2) is 6.19. The van der Waals surface area contributed by atoms with Gasteiger partial charge in [0.15, 0.2) is 0 Å². The SMILES string of the molecule is Cc1cscc1C(=O)Nc1cccc(C#CCO)c1. The van der Waals surface area contributed by atoms with Crippen LogP contribution in [0.3, 0.4) is 0 Å². The van der Waals surface area contributed by atoms with E-state index in [0.717, 1.165) is 11.1 Å². The lowest BCUT2D eigenvalue weighted by atomic mass is 10.2. The van der Waals surface area contributed by atoms with Crippen molar-refractivity contribution in [2.24, 2.45) is 0 Å². The second-order valence-electron chi connectivity index (χ2n) is 3.96. The molecule has 0 radical (unpaired) electrons. The molecule has 0 atom stereocenters. The van der Waals surface area contributed by atoms with E-state index in [0.29, 0.717) is 11.3 Å². The van der Waals surface area contributed by atoms with Crippen molar-refractivity contribution in [1.29, 1.82) is 0 Å². The summed E-state index contributed by atoms with van der Waals surface area (Å²) in [7, 11) is 0. The maximum Gasteiger partial charge on any atom is 0.256 e. The third kappa shape index (κ3) is 3.44. The molecule has 0 saturated heterocycles. The summed E-state index contributed by atoms with van der Waals surface area (Å²) in [6.45, 7) is 1.74. The van der Waals surface area contributed by atoms with Crippen molar-refractivity contribution < 1.29 is 9.90 Å². The molecule has 4 heteroatoms. The van der Waals surface area contributed by atoms with Gasteiger partial charge in [-0.15, -0.1) is 0 Å². The van der Waals surface area contributed by atoms with Crippen LogP contribution < -0.4 is 5.32 Å². The summed E-state index contributed by atoms with van der Waals surface area (Å²) in [6, 6.07) is 7.23. The number of hydrogen-bond acceptors (Lipinski definition) is 3. The van der Waals surface area contributed by atoms with Gasteiger partial charge >= 0.3 is 0 Å². The average Bonchev–Trinajstić information content (AvgIpc) is 2.83. The smallest absolute Gasteiger partial charge is 0.256 e. The Kier molecular flexibility index (Phi) is 4.35. The summed E-state index contributed by atoms with van der Waals surface area (Å²) in [5, 5.41) is 15.3. The molecule has 0 fully saturated rings. The highest BCUT2D eigenvalue weighted by atomic mass is 32.1. The molecule has 0 aliphatic carbocycles. The molecule has 0 spiro atoms. The number of nitrogens with one attached hydrogen (secondary N) is 1. The van der Waals surface area contributed by atoms with Gasteiger partial charge in [-0.1, -0.05) is 17.9 Å². The standard InChI is InChI=1S/C15H13NO2S/c1-11-9-19-10-14(11)15(18)16-13-6-2-4-12(8-13)5-3-7-17/h2,4,6,8-10,17H,7H2,1H3,(H,16,18). The number of carbonyl (C=O) groups is 1. The summed E-state index contributed by atoms with van der Waals surface area (Å²) in [4.78, 5) is 12.0. The number of aliphatic hydroxyl groups is 1. The number of benzene rings is 1. The Morgan fingerprint density at radius 2 is 2.26 bits per heavy atom. The Morgan fingerprint density at radius 3 is 2.95 bits per heavy atom. The van der Waals surface area contributed by atoms with Gasteiger partial charge in [0.25, 0.3) is 5.91 Å². The fourth-order valence-electron chi connectivity index (χ4n) is 1.61. The number of amides is 1. The van der Waals surface area contributed by atoms with Crippen LogP contribution in [0.15, 0.2) is 35.0 Å². The summed E-state index contributed by atoms with van der Waals surface area (Å²) < 4.78 is 0. The minimum atomic E-state index is -0.176. The monoisotopic (exact) mass is 271 g/mol. The molecule has 1 aromatic carbocycles. The van der Waals surface area contributed by atoms with Crippen molar-refractivity contribution in [3.63, 3.8) is 0 Å². The van der Waals surface area contributed by atoms with E-state index in [9.17, 15) is 4.79 Å². The first kappa shape index (κ1) is 13.3. The van der Waals surface area contributed by atoms with E-state index in [1.807, 2.05) is 35.9 Å². The zero-order valence-corrected chi connectivity index (χ0v) is 11.3. The Labute approximate surface area is 115 Å². The Hall–Kier alpha value is -2.09. The van der Waals surface area contributed by atoms with Crippen molar-refractivity contribution >= 4 is 22.9 Å². The summed E-state index contributed by atoms with van der Waals surface area (Å²) in [6.07, 6.45) is 0. The average molecular weight is 271 g/mol. The highest BCUT2D eigenvalue weighted by molar-refractivity contribution is 7.08. The van der Waals surface area contributed by atoms with E-state index in [1.165, 1.54) is 11.3 Å². The fourth-order valence-corrected chi connectivity index (χ4v) is 2.44. The van der Waals surface area contributed by atoms with Gasteiger partial charge in [-0.05, 0) is 36.1 Å². The first-order valence-electron chi connectivity index (χ1n) is 5.74. The number of rotatable bonds is 2. The van der Waals surface area contributed by atoms with Gasteiger partial charge in [-0.2, -0.15) is 11.3 Å². The molecule has 0 saturated carbocycles. The quantitative estimate of drug-likeness (QED) is 0.825. The van der Waals surface area contributed by atoms with E-state index in [2.05, 4.69) is 17.2 Å². The lowest BCUT2D eigenvalue weighted by Gasteiger charge is -2.05. The van der Waals surface area contributed by atoms with Crippen molar-refractivity contribution in [2.45, 2.75) is 6.92 Å². The number of anilines is 1. The first-order chi connectivity index (χ1) is 9.20. The predicted octanol–water partition coefficient (Wildman–Crippen LogP) is 2.65. The molecule has 0 bridgehead atoms. The van der Waals surface area contributed by atoms with E-state index in [-0.39, 0.29) is 12.5 Å². The van der Waals surface area contributed by atoms with Gasteiger partial charge in [0.05, 0.1) is 5.56 Å². The van der Waals surface area contributed by atoms with Crippen LogP contribution in [0.2, 0.25) is 0 Å². The molecule has 0 aliphatic heterocycles. The van der Waals surface area contributed by atoms with Crippen molar-refractivity contribution in [2.75, 3.05) is 11.9 Å². The van der Waals surface area contributed by atoms with Crippen molar-refractivity contribution in [3.05, 3.63) is 51.7 Å². The topological polar surface area (TPSA) is 49.3 Å². The molecule has 3 nitrogen and oxygen atoms in total. The molecule has 1 amide bonds. The van der Waals surface area contributed by atoms with Crippen LogP contribution >= 0.6 is 11.3 Å². The molecule has 19 heavy (non-hydrogen) atoms. The molecule has 2 aromatic rings. The van der Waals surface area contributed by atoms with Crippen LogP contribution in [-0.2, 0) is 0 Å². The number of thiophene rings is 1. The second-order valence-corrected chi connectivity index (χ2v) is 4.71. The zero-order valence-electron chi connectivity index (χ0n) is 10.4. The fraction of sp³-hybridized carbons (Fsp3) is 0.133. The van der Waals surface area contributed by atoms with Gasteiger partial charge in [0.2, 0.25) is 0 Å². The van der Waals surface area contributed by atoms with E-state index in [4.69, 9.17) is 5.11 Å². The lowest BCUT2D eigenvalue weighted by Crippen LogP contribution is -2.12. The number of aliphatic hydroxyl groups excluding tert-OH is 1. The summed E-state index contributed by atoms with van der Waals surface area (Å²) in [5.74, 6) is 5.26. The summed E-state index contributed by atoms with van der Waals surface area (Å²) >= 11 is 1.51. The van der Waals surface area contributed by atoms with E-state index >= 15 is 0 Å². The number of carbonyl (C=O) groups excluding carboxylic acids is 1. The predicted molar refractivity (Wildman–Crippen MR) is 77.4 cm³/mol. The van der Waals surface area contributed by atoms with Gasteiger partial charge < -0.3 is 10.4 Å². The van der Waals surface area contributed by atoms with Crippen molar-refractivity contribution in [1.82, 2.24) is 0 Å². The van der Waals surface area contributed by atoms with Gasteiger partial charge in [0.1, 0.15) is 6.61 Å². The molecule has 1 heterocycles. The molecule has 1 aromatic heterocycles. The maximum absolute atomic E-state index is 12.0. The maximum atomic E-state index is 12.0. The Morgan fingerprint density at radius 1 is 1.42 bits per heavy atom. The van der Waals surface area contributed by atoms with Crippen molar-refractivity contribution in [3.8, 4) is 11.8 Å². The minimum absolute atomic E-state index is 0.119. The van der Waals surface area contributed by atoms with E-state index < -0.39 is 0 Å². The highest BCUT2D eigenvalue weighted by Gasteiger charge is 2.09. The Balaban J connectivity index is 2.15. The van der Waals surface area contributed by atoms with Crippen LogP contribution in [-0.4, -0.2) is 17.6 Å².